The fraction of sp³-hybridized carbons (Fsp3) is 0.154. The van der Waals surface area contributed by atoms with Gasteiger partial charge in [-0.15, -0.1) is 0 Å². The van der Waals surface area contributed by atoms with Gasteiger partial charge in [-0.05, 0) is 56.5 Å². The van der Waals surface area contributed by atoms with Gasteiger partial charge in [-0.25, -0.2) is 9.78 Å². The highest BCUT2D eigenvalue weighted by Gasteiger charge is 2.19. The molecule has 0 saturated heterocycles. The third-order valence-corrected chi connectivity index (χ3v) is 5.14. The average molecular weight is 381 g/mol. The van der Waals surface area contributed by atoms with E-state index in [1.807, 2.05) is 88.4 Å². The lowest BCUT2D eigenvalue weighted by atomic mass is 10.00. The first kappa shape index (κ1) is 18.9. The molecule has 0 saturated carbocycles. The first-order valence-electron chi connectivity index (χ1n) is 9.70. The molecule has 3 nitrogen and oxygen atoms in total. The van der Waals surface area contributed by atoms with Gasteiger partial charge >= 0.3 is 5.97 Å². The highest BCUT2D eigenvalue weighted by molar-refractivity contribution is 6.06. The van der Waals surface area contributed by atoms with Gasteiger partial charge in [0.05, 0.1) is 16.8 Å². The van der Waals surface area contributed by atoms with Crippen LogP contribution in [0.1, 0.15) is 32.6 Å². The molecule has 1 aromatic heterocycles. The quantitative estimate of drug-likeness (QED) is 0.306. The van der Waals surface area contributed by atoms with Crippen LogP contribution in [-0.4, -0.2) is 11.0 Å². The van der Waals surface area contributed by atoms with Gasteiger partial charge in [0.1, 0.15) is 5.75 Å². The molecule has 29 heavy (non-hydrogen) atoms. The fourth-order valence-corrected chi connectivity index (χ4v) is 3.71. The van der Waals surface area contributed by atoms with E-state index >= 15 is 0 Å². The van der Waals surface area contributed by atoms with Crippen LogP contribution in [0, 0.1) is 27.7 Å². The third kappa shape index (κ3) is 3.64. The minimum atomic E-state index is -0.364. The number of para-hydroxylation sites is 1. The Balaban J connectivity index is 1.91. The zero-order valence-electron chi connectivity index (χ0n) is 17.1. The molecule has 0 bridgehead atoms. The van der Waals surface area contributed by atoms with E-state index in [2.05, 4.69) is 6.07 Å². The number of aromatic nitrogens is 1. The molecule has 0 N–H and O–H groups in total. The molecule has 0 aliphatic carbocycles. The molecular weight excluding hydrogens is 358 g/mol. The number of ether oxygens (including phenoxy) is 1. The minimum Gasteiger partial charge on any atom is -0.422 e. The van der Waals surface area contributed by atoms with Gasteiger partial charge in [0, 0.05) is 10.9 Å². The number of hydrogen-bond donors (Lipinski definition) is 0. The number of fused-ring (bicyclic) bond motifs is 1. The van der Waals surface area contributed by atoms with Gasteiger partial charge in [-0.3, -0.25) is 0 Å². The van der Waals surface area contributed by atoms with Crippen LogP contribution >= 0.6 is 0 Å². The topological polar surface area (TPSA) is 39.2 Å². The van der Waals surface area contributed by atoms with Crippen molar-refractivity contribution >= 4 is 16.9 Å². The van der Waals surface area contributed by atoms with Crippen molar-refractivity contribution in [1.29, 1.82) is 0 Å². The first-order valence-corrected chi connectivity index (χ1v) is 9.70. The number of hydrogen-bond acceptors (Lipinski definition) is 3. The van der Waals surface area contributed by atoms with Crippen molar-refractivity contribution in [1.82, 2.24) is 4.98 Å². The summed E-state index contributed by atoms with van der Waals surface area (Å²) in [6.07, 6.45) is 0. The maximum Gasteiger partial charge on any atom is 0.344 e. The van der Waals surface area contributed by atoms with Crippen LogP contribution in [0.25, 0.3) is 22.2 Å². The summed E-state index contributed by atoms with van der Waals surface area (Å²) in [6, 6.07) is 21.7. The van der Waals surface area contributed by atoms with Gasteiger partial charge < -0.3 is 4.74 Å². The highest BCUT2D eigenvalue weighted by atomic mass is 16.5. The Kier molecular flexibility index (Phi) is 4.89. The van der Waals surface area contributed by atoms with Crippen LogP contribution in [0.3, 0.4) is 0 Å². The third-order valence-electron chi connectivity index (χ3n) is 5.14. The molecule has 0 aliphatic heterocycles. The highest BCUT2D eigenvalue weighted by Crippen LogP contribution is 2.30. The summed E-state index contributed by atoms with van der Waals surface area (Å²) >= 11 is 0. The van der Waals surface area contributed by atoms with Crippen LogP contribution in [0.5, 0.6) is 5.75 Å². The van der Waals surface area contributed by atoms with E-state index in [0.29, 0.717) is 11.3 Å². The number of carbonyl (C=O) groups excluding carboxylic acids is 1. The fourth-order valence-electron chi connectivity index (χ4n) is 3.71. The first-order chi connectivity index (χ1) is 13.9. The number of pyridine rings is 1. The smallest absolute Gasteiger partial charge is 0.344 e. The average Bonchev–Trinajstić information content (AvgIpc) is 2.70. The number of nitrogens with zero attached hydrogens (tertiary/aromatic N) is 1. The second-order valence-electron chi connectivity index (χ2n) is 7.51. The van der Waals surface area contributed by atoms with Crippen molar-refractivity contribution in [3.05, 3.63) is 94.5 Å². The van der Waals surface area contributed by atoms with E-state index in [-0.39, 0.29) is 5.97 Å². The molecule has 144 valence electrons. The summed E-state index contributed by atoms with van der Waals surface area (Å²) in [5.74, 6) is 0.255. The normalized spacial score (nSPS) is 10.9. The van der Waals surface area contributed by atoms with E-state index in [9.17, 15) is 4.79 Å². The Hall–Kier alpha value is -3.46. The Morgan fingerprint density at radius 2 is 1.48 bits per heavy atom. The van der Waals surface area contributed by atoms with Crippen LogP contribution in [0.15, 0.2) is 66.7 Å². The van der Waals surface area contributed by atoms with E-state index in [1.165, 1.54) is 0 Å². The zero-order chi connectivity index (χ0) is 20.5. The second-order valence-corrected chi connectivity index (χ2v) is 7.51. The van der Waals surface area contributed by atoms with Crippen LogP contribution in [0.2, 0.25) is 0 Å². The summed E-state index contributed by atoms with van der Waals surface area (Å²) in [4.78, 5) is 18.2. The van der Waals surface area contributed by atoms with Crippen molar-refractivity contribution in [3.63, 3.8) is 0 Å². The molecule has 0 spiro atoms. The largest absolute Gasteiger partial charge is 0.422 e. The van der Waals surface area contributed by atoms with Gasteiger partial charge in [0.2, 0.25) is 0 Å². The molecule has 1 heterocycles. The maximum atomic E-state index is 13.3. The number of benzene rings is 3. The van der Waals surface area contributed by atoms with Crippen molar-refractivity contribution < 1.29 is 9.53 Å². The van der Waals surface area contributed by atoms with Crippen LogP contribution in [0.4, 0.5) is 0 Å². The molecule has 4 aromatic rings. The number of carbonyl (C=O) groups is 1. The molecule has 0 unspecified atom stereocenters. The molecule has 0 amide bonds. The summed E-state index contributed by atoms with van der Waals surface area (Å²) in [6.45, 7) is 7.95. The monoisotopic (exact) mass is 381 g/mol. The van der Waals surface area contributed by atoms with Gasteiger partial charge in [-0.2, -0.15) is 0 Å². The van der Waals surface area contributed by atoms with Crippen LogP contribution < -0.4 is 4.74 Å². The molecule has 0 fully saturated rings. The van der Waals surface area contributed by atoms with Gasteiger partial charge in [-0.1, -0.05) is 60.2 Å². The lowest BCUT2D eigenvalue weighted by Crippen LogP contribution is -2.12. The van der Waals surface area contributed by atoms with Crippen molar-refractivity contribution in [2.45, 2.75) is 27.7 Å². The number of rotatable bonds is 3. The summed E-state index contributed by atoms with van der Waals surface area (Å²) in [5, 5.41) is 0.818. The number of esters is 1. The molecule has 3 aromatic carbocycles. The minimum absolute atomic E-state index is 0.364. The SMILES string of the molecule is Cc1cc(C)c2nc(-c3ccccc3)cc(C(=O)Oc3c(C)cccc3C)c2c1. The summed E-state index contributed by atoms with van der Waals surface area (Å²) in [5.41, 5.74) is 7.09. The van der Waals surface area contributed by atoms with E-state index < -0.39 is 0 Å². The Morgan fingerprint density at radius 1 is 0.793 bits per heavy atom. The predicted octanol–water partition coefficient (Wildman–Crippen LogP) is 6.35. The number of aryl methyl sites for hydroxylation is 4. The Bertz CT molecular complexity index is 1210. The second kappa shape index (κ2) is 7.51. The summed E-state index contributed by atoms with van der Waals surface area (Å²) in [7, 11) is 0. The van der Waals surface area contributed by atoms with Gasteiger partial charge in [0.15, 0.2) is 0 Å². The van der Waals surface area contributed by atoms with E-state index in [0.717, 1.165) is 44.4 Å². The van der Waals surface area contributed by atoms with E-state index in [4.69, 9.17) is 9.72 Å². The molecule has 0 atom stereocenters. The van der Waals surface area contributed by atoms with Crippen molar-refractivity contribution in [3.8, 4) is 17.0 Å². The Morgan fingerprint density at radius 3 is 2.17 bits per heavy atom. The lowest BCUT2D eigenvalue weighted by Gasteiger charge is -2.14. The maximum absolute atomic E-state index is 13.3. The summed E-state index contributed by atoms with van der Waals surface area (Å²) < 4.78 is 5.87. The van der Waals surface area contributed by atoms with Gasteiger partial charge in [0.25, 0.3) is 0 Å². The molecule has 3 heteroatoms. The Labute approximate surface area is 171 Å². The lowest BCUT2D eigenvalue weighted by molar-refractivity contribution is 0.0734. The molecule has 0 aliphatic rings. The zero-order valence-corrected chi connectivity index (χ0v) is 17.1. The molecular formula is C26H23NO2. The standard InChI is InChI=1S/C26H23NO2/c1-16-13-19(4)24-21(14-16)22(15-23(27-24)20-11-6-5-7-12-20)26(28)29-25-17(2)9-8-10-18(25)3/h5-15H,1-4H3. The van der Waals surface area contributed by atoms with Crippen molar-refractivity contribution in [2.75, 3.05) is 0 Å². The molecule has 4 rings (SSSR count). The predicted molar refractivity (Wildman–Crippen MR) is 118 cm³/mol. The molecule has 0 radical (unpaired) electrons. The van der Waals surface area contributed by atoms with Crippen LogP contribution in [-0.2, 0) is 0 Å². The van der Waals surface area contributed by atoms with Crippen molar-refractivity contribution in [2.24, 2.45) is 0 Å². The van der Waals surface area contributed by atoms with E-state index in [1.54, 1.807) is 0 Å².